The Morgan fingerprint density at radius 2 is 1.93 bits per heavy atom. The first-order valence-corrected chi connectivity index (χ1v) is 15.4. The van der Waals surface area contributed by atoms with Crippen LogP contribution in [0.2, 0.25) is 0 Å². The van der Waals surface area contributed by atoms with Gasteiger partial charge in [-0.25, -0.2) is 15.0 Å². The second-order valence-corrected chi connectivity index (χ2v) is 12.4. The lowest BCUT2D eigenvalue weighted by molar-refractivity contribution is -0.138. The lowest BCUT2D eigenvalue weighted by Crippen LogP contribution is -2.52. The molecule has 1 amide bonds. The minimum absolute atomic E-state index is 0.0452. The van der Waals surface area contributed by atoms with Crippen molar-refractivity contribution in [1.29, 1.82) is 5.26 Å². The maximum absolute atomic E-state index is 13.7. The summed E-state index contributed by atoms with van der Waals surface area (Å²) in [5.41, 5.74) is -0.591. The molecule has 0 aliphatic carbocycles. The molecule has 2 atom stereocenters. The van der Waals surface area contributed by atoms with Gasteiger partial charge in [0.15, 0.2) is 5.13 Å². The molecule has 15 heteroatoms. The van der Waals surface area contributed by atoms with Crippen molar-refractivity contribution < 1.29 is 27.9 Å². The van der Waals surface area contributed by atoms with Crippen LogP contribution in [0.1, 0.15) is 59.6 Å². The number of benzene rings is 1. The zero-order chi connectivity index (χ0) is 32.3. The predicted molar refractivity (Wildman–Crippen MR) is 162 cm³/mol. The molecule has 2 N–H and O–H groups in total. The molecule has 2 fully saturated rings. The topological polar surface area (TPSA) is 139 Å². The average Bonchev–Trinajstić information content (AvgIpc) is 3.60. The van der Waals surface area contributed by atoms with Gasteiger partial charge in [-0.3, -0.25) is 24.7 Å². The molecule has 2 saturated heterocycles. The Morgan fingerprint density at radius 3 is 2.56 bits per heavy atom. The molecule has 45 heavy (non-hydrogen) atoms. The number of likely N-dealkylation sites (tertiary alicyclic amines) is 1. The summed E-state index contributed by atoms with van der Waals surface area (Å²) in [5, 5.41) is 21.3. The zero-order valence-corrected chi connectivity index (χ0v) is 25.7. The van der Waals surface area contributed by atoms with Crippen LogP contribution in [0.25, 0.3) is 11.3 Å². The molecule has 11 nitrogen and oxygen atoms in total. The summed E-state index contributed by atoms with van der Waals surface area (Å²) >= 11 is 1.18. The first-order valence-electron chi connectivity index (χ1n) is 14.6. The largest absolute Gasteiger partial charge is 0.481 e. The van der Waals surface area contributed by atoms with Crippen molar-refractivity contribution in [3.8, 4) is 17.3 Å². The summed E-state index contributed by atoms with van der Waals surface area (Å²) in [7, 11) is 0. The molecule has 2 aliphatic heterocycles. The fourth-order valence-electron chi connectivity index (χ4n) is 5.72. The quantitative estimate of drug-likeness (QED) is 0.337. The van der Waals surface area contributed by atoms with E-state index in [0.717, 1.165) is 31.5 Å². The normalized spacial score (nSPS) is 19.4. The van der Waals surface area contributed by atoms with E-state index in [2.05, 4.69) is 41.9 Å². The van der Waals surface area contributed by atoms with Crippen LogP contribution in [-0.2, 0) is 17.5 Å². The molecule has 0 unspecified atom stereocenters. The number of carbonyl (C=O) groups excluding carboxylic acids is 1. The Balaban J connectivity index is 1.34. The molecule has 1 aromatic carbocycles. The van der Waals surface area contributed by atoms with Crippen molar-refractivity contribution in [2.75, 3.05) is 42.9 Å². The monoisotopic (exact) mass is 642 g/mol. The fraction of sp³-hybridized carbons (Fsp3) is 0.467. The SMILES string of the molecule is C[C@@H]1CCCN1Cc1sc(NC(=O)c2cnc(N3CCN(CCC(=O)O)C[C@H]3C)cn2)nc1-c1cc(C#N)cc(C(F)(F)F)c1. The molecule has 0 radical (unpaired) electrons. The molecule has 2 aromatic heterocycles. The van der Waals surface area contributed by atoms with Crippen LogP contribution in [-0.4, -0.2) is 86.5 Å². The number of carbonyl (C=O) groups is 2. The smallest absolute Gasteiger partial charge is 0.416 e. The number of carboxylic acids is 1. The molecule has 3 aromatic rings. The van der Waals surface area contributed by atoms with Crippen molar-refractivity contribution in [1.82, 2.24) is 24.8 Å². The van der Waals surface area contributed by atoms with E-state index in [4.69, 9.17) is 5.11 Å². The van der Waals surface area contributed by atoms with Gasteiger partial charge in [0, 0.05) is 55.2 Å². The Bertz CT molecular complexity index is 1590. The molecule has 2 aliphatic rings. The Kier molecular flexibility index (Phi) is 9.66. The predicted octanol–water partition coefficient (Wildman–Crippen LogP) is 4.71. The summed E-state index contributed by atoms with van der Waals surface area (Å²) in [6.45, 7) is 7.84. The number of nitriles is 1. The molecule has 0 bridgehead atoms. The molecule has 0 spiro atoms. The number of aromatic nitrogens is 3. The van der Waals surface area contributed by atoms with E-state index in [0.29, 0.717) is 49.5 Å². The first kappa shape index (κ1) is 32.3. The zero-order valence-electron chi connectivity index (χ0n) is 24.8. The Labute approximate surface area is 262 Å². The van der Waals surface area contributed by atoms with Crippen molar-refractivity contribution in [3.05, 3.63) is 52.3 Å². The molecule has 4 heterocycles. The highest BCUT2D eigenvalue weighted by molar-refractivity contribution is 7.16. The number of hydrogen-bond acceptors (Lipinski definition) is 10. The highest BCUT2D eigenvalue weighted by Gasteiger charge is 2.32. The maximum Gasteiger partial charge on any atom is 0.416 e. The fourth-order valence-corrected chi connectivity index (χ4v) is 6.73. The number of amides is 1. The lowest BCUT2D eigenvalue weighted by Gasteiger charge is -2.40. The number of aliphatic carboxylic acids is 1. The second-order valence-electron chi connectivity index (χ2n) is 11.4. The highest BCUT2D eigenvalue weighted by Crippen LogP contribution is 2.38. The van der Waals surface area contributed by atoms with E-state index in [9.17, 15) is 28.0 Å². The van der Waals surface area contributed by atoms with Crippen molar-refractivity contribution in [2.45, 2.75) is 57.9 Å². The van der Waals surface area contributed by atoms with Gasteiger partial charge in [0.2, 0.25) is 0 Å². The molecular weight excluding hydrogens is 609 g/mol. The van der Waals surface area contributed by atoms with Crippen LogP contribution in [0.15, 0.2) is 30.6 Å². The van der Waals surface area contributed by atoms with Gasteiger partial charge >= 0.3 is 12.1 Å². The van der Waals surface area contributed by atoms with E-state index in [1.165, 1.54) is 29.8 Å². The molecule has 5 rings (SSSR count). The van der Waals surface area contributed by atoms with E-state index in [1.54, 1.807) is 6.07 Å². The summed E-state index contributed by atoms with van der Waals surface area (Å²) in [6, 6.07) is 5.32. The number of carboxylic acid groups (broad SMARTS) is 1. The van der Waals surface area contributed by atoms with Crippen LogP contribution >= 0.6 is 11.3 Å². The first-order chi connectivity index (χ1) is 21.4. The van der Waals surface area contributed by atoms with Crippen LogP contribution in [0.5, 0.6) is 0 Å². The van der Waals surface area contributed by atoms with Gasteiger partial charge in [-0.1, -0.05) is 11.3 Å². The number of halogens is 3. The number of nitrogens with one attached hydrogen (secondary N) is 1. The number of piperazine rings is 1. The van der Waals surface area contributed by atoms with Gasteiger partial charge in [-0.2, -0.15) is 18.4 Å². The summed E-state index contributed by atoms with van der Waals surface area (Å²) < 4.78 is 41.0. The van der Waals surface area contributed by atoms with Gasteiger partial charge in [0.25, 0.3) is 5.91 Å². The molecule has 0 saturated carbocycles. The number of alkyl halides is 3. The summed E-state index contributed by atoms with van der Waals surface area (Å²) in [6.07, 6.45) is 0.327. The van der Waals surface area contributed by atoms with Crippen LogP contribution in [0.3, 0.4) is 0 Å². The number of hydrogen-bond donors (Lipinski definition) is 2. The third kappa shape index (κ3) is 7.75. The van der Waals surface area contributed by atoms with E-state index < -0.39 is 23.6 Å². The van der Waals surface area contributed by atoms with Gasteiger partial charge in [0.1, 0.15) is 11.5 Å². The maximum atomic E-state index is 13.7. The van der Waals surface area contributed by atoms with Crippen LogP contribution in [0.4, 0.5) is 24.1 Å². The van der Waals surface area contributed by atoms with Gasteiger partial charge < -0.3 is 10.0 Å². The number of rotatable bonds is 9. The minimum Gasteiger partial charge on any atom is -0.481 e. The minimum atomic E-state index is -4.64. The number of thiazole rings is 1. The molecular formula is C30H33F3N8O3S. The van der Waals surface area contributed by atoms with Crippen molar-refractivity contribution in [3.63, 3.8) is 0 Å². The third-order valence-electron chi connectivity index (χ3n) is 8.14. The van der Waals surface area contributed by atoms with Gasteiger partial charge in [-0.15, -0.1) is 0 Å². The second kappa shape index (κ2) is 13.5. The standard InChI is InChI=1S/C30H33F3N8O3S/c1-18-4-3-6-40(18)17-24-27(21-10-20(13-34)11-22(12-21)30(31,32)33)37-29(45-24)38-28(44)23-14-36-25(15-35-23)41-9-8-39(16-19(41)2)7-5-26(42)43/h10-12,14-15,18-19H,3-9,16-17H2,1-2H3,(H,42,43)(H,37,38,44)/t18-,19-/m1/s1. The van der Waals surface area contributed by atoms with E-state index in [-0.39, 0.29) is 40.1 Å². The van der Waals surface area contributed by atoms with E-state index >= 15 is 0 Å². The van der Waals surface area contributed by atoms with Crippen molar-refractivity contribution >= 4 is 34.2 Å². The summed E-state index contributed by atoms with van der Waals surface area (Å²) in [5.74, 6) is -0.808. The third-order valence-corrected chi connectivity index (χ3v) is 9.09. The number of nitrogens with zero attached hydrogens (tertiary/aromatic N) is 7. The van der Waals surface area contributed by atoms with Crippen molar-refractivity contribution in [2.24, 2.45) is 0 Å². The van der Waals surface area contributed by atoms with Crippen LogP contribution in [0, 0.1) is 11.3 Å². The average molecular weight is 643 g/mol. The number of anilines is 2. The lowest BCUT2D eigenvalue weighted by atomic mass is 10.0. The highest BCUT2D eigenvalue weighted by atomic mass is 32.1. The van der Waals surface area contributed by atoms with Gasteiger partial charge in [-0.05, 0) is 51.4 Å². The summed E-state index contributed by atoms with van der Waals surface area (Å²) in [4.78, 5) is 44.4. The van der Waals surface area contributed by atoms with E-state index in [1.807, 2.05) is 6.92 Å². The van der Waals surface area contributed by atoms with Crippen LogP contribution < -0.4 is 10.2 Å². The van der Waals surface area contributed by atoms with Gasteiger partial charge in [0.05, 0.1) is 41.7 Å². The molecule has 238 valence electrons. The Hall–Kier alpha value is -4.13. The Morgan fingerprint density at radius 1 is 1.13 bits per heavy atom.